The third-order valence-corrected chi connectivity index (χ3v) is 6.19. The number of carbonyl (C=O) groups is 2. The van der Waals surface area contributed by atoms with Crippen LogP contribution >= 0.6 is 24.0 Å². The average molecular weight is 453 g/mol. The minimum absolute atomic E-state index is 0.00610. The smallest absolute Gasteiger partial charge is 0.315 e. The molecule has 0 bridgehead atoms. The fourth-order valence-corrected chi connectivity index (χ4v) is 4.70. The Hall–Kier alpha value is -3.44. The van der Waals surface area contributed by atoms with E-state index in [-0.39, 0.29) is 17.7 Å². The van der Waals surface area contributed by atoms with Crippen molar-refractivity contribution in [3.8, 4) is 0 Å². The van der Waals surface area contributed by atoms with Crippen LogP contribution in [0.1, 0.15) is 5.89 Å². The van der Waals surface area contributed by atoms with Crippen molar-refractivity contribution >= 4 is 58.3 Å². The minimum Gasteiger partial charge on any atom is -0.406 e. The summed E-state index contributed by atoms with van der Waals surface area (Å²) in [5.41, 5.74) is 2.12. The number of nitrogens with one attached hydrogen (secondary N) is 3. The Kier molecular flexibility index (Phi) is 5.04. The van der Waals surface area contributed by atoms with Crippen LogP contribution in [0.3, 0.4) is 0 Å². The summed E-state index contributed by atoms with van der Waals surface area (Å²) in [7, 11) is 0. The van der Waals surface area contributed by atoms with Gasteiger partial charge in [0.1, 0.15) is 12.5 Å². The first-order chi connectivity index (χ1) is 15.1. The number of fused-ring (bicyclic) bond motifs is 2. The van der Waals surface area contributed by atoms with Crippen molar-refractivity contribution in [2.75, 3.05) is 16.8 Å². The normalized spacial score (nSPS) is 15.7. The molecule has 156 valence electrons. The molecule has 1 saturated heterocycles. The van der Waals surface area contributed by atoms with E-state index < -0.39 is 17.7 Å². The van der Waals surface area contributed by atoms with Crippen LogP contribution in [0.15, 0.2) is 62.7 Å². The van der Waals surface area contributed by atoms with Gasteiger partial charge in [0.05, 0.1) is 11.4 Å². The number of aromatic nitrogens is 2. The molecule has 9 nitrogen and oxygen atoms in total. The molecule has 3 aromatic rings. The van der Waals surface area contributed by atoms with E-state index in [9.17, 15) is 9.59 Å². The number of para-hydroxylation sites is 2. The van der Waals surface area contributed by atoms with Gasteiger partial charge >= 0.3 is 6.01 Å². The molecule has 1 aromatic heterocycles. The first-order valence-corrected chi connectivity index (χ1v) is 10.7. The van der Waals surface area contributed by atoms with Crippen LogP contribution in [0.25, 0.3) is 0 Å². The Balaban J connectivity index is 1.32. The SMILES string of the molecule is O=C1NC(=S)NC(=O)C1CNc1nnc(CN2c3ccccc3Sc3ccccc32)o1. The van der Waals surface area contributed by atoms with Crippen molar-refractivity contribution in [3.05, 3.63) is 54.4 Å². The maximum atomic E-state index is 12.0. The summed E-state index contributed by atoms with van der Waals surface area (Å²) in [6, 6.07) is 16.4. The van der Waals surface area contributed by atoms with E-state index in [4.69, 9.17) is 16.6 Å². The molecule has 0 spiro atoms. The summed E-state index contributed by atoms with van der Waals surface area (Å²) in [6.07, 6.45) is 0. The van der Waals surface area contributed by atoms with Crippen LogP contribution in [-0.2, 0) is 16.1 Å². The molecule has 5 rings (SSSR count). The highest BCUT2D eigenvalue weighted by atomic mass is 32.2. The lowest BCUT2D eigenvalue weighted by atomic mass is 10.1. The summed E-state index contributed by atoms with van der Waals surface area (Å²) in [6.45, 7) is 0.385. The number of thiocarbonyl (C=S) groups is 1. The van der Waals surface area contributed by atoms with Crippen LogP contribution in [0.2, 0.25) is 0 Å². The molecule has 0 atom stereocenters. The summed E-state index contributed by atoms with van der Waals surface area (Å²) in [4.78, 5) is 28.3. The molecule has 0 saturated carbocycles. The molecule has 11 heteroatoms. The molecule has 2 aliphatic rings. The Morgan fingerprint density at radius 1 is 1.00 bits per heavy atom. The Bertz CT molecular complexity index is 1130. The molecular weight excluding hydrogens is 436 g/mol. The van der Waals surface area contributed by atoms with Crippen LogP contribution in [-0.4, -0.2) is 33.7 Å². The second-order valence-corrected chi connectivity index (χ2v) is 8.36. The Labute approximate surface area is 186 Å². The van der Waals surface area contributed by atoms with Crippen LogP contribution in [0, 0.1) is 5.92 Å². The number of hydrogen-bond acceptors (Lipinski definition) is 9. The largest absolute Gasteiger partial charge is 0.406 e. The van der Waals surface area contributed by atoms with Gasteiger partial charge in [-0.2, -0.15) is 0 Å². The third-order valence-electron chi connectivity index (χ3n) is 4.86. The van der Waals surface area contributed by atoms with Gasteiger partial charge in [0, 0.05) is 16.3 Å². The molecule has 31 heavy (non-hydrogen) atoms. The standard InChI is InChI=1S/C20H16N6O3S2/c27-17-11(18(28)23-20(30)22-17)9-21-19-25-24-16(29-19)10-26-12-5-1-3-7-14(12)31-15-8-4-2-6-13(15)26/h1-8,11H,9-10H2,(H,21,25)(H2,22,23,27,28,30). The maximum Gasteiger partial charge on any atom is 0.315 e. The van der Waals surface area contributed by atoms with Gasteiger partial charge in [-0.25, -0.2) is 0 Å². The summed E-state index contributed by atoms with van der Waals surface area (Å²) >= 11 is 6.52. The van der Waals surface area contributed by atoms with E-state index in [1.165, 1.54) is 0 Å². The zero-order valence-corrected chi connectivity index (χ0v) is 17.6. The molecule has 2 aliphatic heterocycles. The molecule has 2 aromatic carbocycles. The molecular formula is C20H16N6O3S2. The second-order valence-electron chi connectivity index (χ2n) is 6.87. The van der Waals surface area contributed by atoms with E-state index >= 15 is 0 Å². The Morgan fingerprint density at radius 2 is 1.61 bits per heavy atom. The molecule has 3 N–H and O–H groups in total. The van der Waals surface area contributed by atoms with Gasteiger partial charge in [-0.15, -0.1) is 5.10 Å². The van der Waals surface area contributed by atoms with E-state index in [0.717, 1.165) is 21.2 Å². The summed E-state index contributed by atoms with van der Waals surface area (Å²) < 4.78 is 5.73. The lowest BCUT2D eigenvalue weighted by Crippen LogP contribution is -2.57. The highest BCUT2D eigenvalue weighted by molar-refractivity contribution is 7.99. The van der Waals surface area contributed by atoms with Gasteiger partial charge in [0.2, 0.25) is 17.7 Å². The van der Waals surface area contributed by atoms with Crippen molar-refractivity contribution in [2.24, 2.45) is 5.92 Å². The van der Waals surface area contributed by atoms with E-state index in [0.29, 0.717) is 12.4 Å². The van der Waals surface area contributed by atoms with Crippen LogP contribution in [0.5, 0.6) is 0 Å². The predicted octanol–water partition coefficient (Wildman–Crippen LogP) is 2.43. The Morgan fingerprint density at radius 3 is 2.26 bits per heavy atom. The number of carbonyl (C=O) groups excluding carboxylic acids is 2. The fourth-order valence-electron chi connectivity index (χ4n) is 3.40. The number of nitrogens with zero attached hydrogens (tertiary/aromatic N) is 3. The topological polar surface area (TPSA) is 112 Å². The number of rotatable bonds is 5. The van der Waals surface area contributed by atoms with Crippen molar-refractivity contribution in [3.63, 3.8) is 0 Å². The van der Waals surface area contributed by atoms with Gasteiger partial charge in [0.25, 0.3) is 0 Å². The number of hydrogen-bond donors (Lipinski definition) is 3. The van der Waals surface area contributed by atoms with Gasteiger partial charge in [-0.05, 0) is 36.5 Å². The van der Waals surface area contributed by atoms with Gasteiger partial charge in [0.15, 0.2) is 5.11 Å². The number of benzene rings is 2. The second kappa shape index (κ2) is 8.00. The quantitative estimate of drug-likeness (QED) is 0.397. The lowest BCUT2D eigenvalue weighted by Gasteiger charge is -2.31. The van der Waals surface area contributed by atoms with Crippen molar-refractivity contribution in [1.82, 2.24) is 20.8 Å². The number of anilines is 3. The highest BCUT2D eigenvalue weighted by Gasteiger charge is 2.32. The summed E-state index contributed by atoms with van der Waals surface area (Å²) in [5.74, 6) is -1.49. The maximum absolute atomic E-state index is 12.0. The van der Waals surface area contributed by atoms with E-state index in [1.807, 2.05) is 24.3 Å². The first kappa shape index (κ1) is 19.5. The molecule has 0 radical (unpaired) electrons. The van der Waals surface area contributed by atoms with Gasteiger partial charge < -0.3 is 25.3 Å². The number of amides is 2. The lowest BCUT2D eigenvalue weighted by molar-refractivity contribution is -0.134. The minimum atomic E-state index is -0.945. The predicted molar refractivity (Wildman–Crippen MR) is 118 cm³/mol. The molecule has 2 amide bonds. The molecule has 1 fully saturated rings. The monoisotopic (exact) mass is 452 g/mol. The van der Waals surface area contributed by atoms with Crippen molar-refractivity contribution in [1.29, 1.82) is 0 Å². The molecule has 3 heterocycles. The molecule has 0 aliphatic carbocycles. The van der Waals surface area contributed by atoms with Crippen molar-refractivity contribution < 1.29 is 14.0 Å². The van der Waals surface area contributed by atoms with E-state index in [2.05, 4.69) is 55.3 Å². The third kappa shape index (κ3) is 3.84. The highest BCUT2D eigenvalue weighted by Crippen LogP contribution is 2.48. The fraction of sp³-hybridized carbons (Fsp3) is 0.150. The zero-order chi connectivity index (χ0) is 21.4. The molecule has 0 unspecified atom stereocenters. The zero-order valence-electron chi connectivity index (χ0n) is 16.0. The van der Waals surface area contributed by atoms with Crippen molar-refractivity contribution in [2.45, 2.75) is 16.3 Å². The average Bonchev–Trinajstić information content (AvgIpc) is 3.20. The van der Waals surface area contributed by atoms with Crippen LogP contribution in [0.4, 0.5) is 17.4 Å². The van der Waals surface area contributed by atoms with Gasteiger partial charge in [-0.3, -0.25) is 9.59 Å². The van der Waals surface area contributed by atoms with Gasteiger partial charge in [-0.1, -0.05) is 41.1 Å². The first-order valence-electron chi connectivity index (χ1n) is 9.44. The summed E-state index contributed by atoms with van der Waals surface area (Å²) in [5, 5.41) is 15.8. The van der Waals surface area contributed by atoms with E-state index in [1.54, 1.807) is 11.8 Å². The van der Waals surface area contributed by atoms with Crippen LogP contribution < -0.4 is 20.9 Å².